The maximum absolute atomic E-state index is 12.6. The van der Waals surface area contributed by atoms with Crippen molar-refractivity contribution >= 4 is 23.5 Å². The van der Waals surface area contributed by atoms with Crippen molar-refractivity contribution in [3.63, 3.8) is 0 Å². The van der Waals surface area contributed by atoms with Crippen LogP contribution in [-0.2, 0) is 15.8 Å². The first-order valence-electron chi connectivity index (χ1n) is 6.04. The van der Waals surface area contributed by atoms with Crippen LogP contribution in [0.4, 0.5) is 18.9 Å². The van der Waals surface area contributed by atoms with E-state index in [1.165, 1.54) is 0 Å². The molecule has 2 fully saturated rings. The highest BCUT2D eigenvalue weighted by molar-refractivity contribution is 6.26. The molecule has 1 N–H and O–H groups in total. The number of hydrogen-bond acceptors (Lipinski definition) is 3. The molecule has 1 saturated heterocycles. The van der Waals surface area contributed by atoms with Gasteiger partial charge in [0.15, 0.2) is 0 Å². The molecule has 0 aromatic heterocycles. The van der Waals surface area contributed by atoms with Gasteiger partial charge in [-0.1, -0.05) is 0 Å². The molecule has 0 spiro atoms. The highest BCUT2D eigenvalue weighted by atomic mass is 19.4. The van der Waals surface area contributed by atoms with Gasteiger partial charge in [-0.2, -0.15) is 13.2 Å². The number of benzene rings is 1. The molecule has 1 aromatic carbocycles. The Balaban J connectivity index is 2.09. The molecule has 2 aliphatic rings. The van der Waals surface area contributed by atoms with Gasteiger partial charge in [0, 0.05) is 0 Å². The fourth-order valence-corrected chi connectivity index (χ4v) is 2.50. The fraction of sp³-hybridized carbons (Fsp3) is 0.308. The summed E-state index contributed by atoms with van der Waals surface area (Å²) in [5.41, 5.74) is -2.17. The quantitative estimate of drug-likeness (QED) is 0.847. The third-order valence-electron chi connectivity index (χ3n) is 3.66. The maximum Gasteiger partial charge on any atom is 0.416 e. The molecule has 0 radical (unpaired) electrons. The van der Waals surface area contributed by atoms with E-state index < -0.39 is 46.9 Å². The third kappa shape index (κ3) is 1.98. The van der Waals surface area contributed by atoms with Gasteiger partial charge in [0.05, 0.1) is 28.7 Å². The van der Waals surface area contributed by atoms with Gasteiger partial charge in [0.25, 0.3) is 0 Å². The number of carboxylic acid groups (broad SMARTS) is 1. The predicted octanol–water partition coefficient (Wildman–Crippen LogP) is 1.91. The number of carbonyl (C=O) groups excluding carboxylic acids is 2. The molecule has 2 amide bonds. The zero-order valence-electron chi connectivity index (χ0n) is 10.3. The van der Waals surface area contributed by atoms with Gasteiger partial charge < -0.3 is 5.11 Å². The van der Waals surface area contributed by atoms with Crippen LogP contribution in [0.1, 0.15) is 22.3 Å². The first-order valence-corrected chi connectivity index (χ1v) is 6.04. The fourth-order valence-electron chi connectivity index (χ4n) is 2.50. The largest absolute Gasteiger partial charge is 0.478 e. The van der Waals surface area contributed by atoms with Crippen molar-refractivity contribution in [2.45, 2.75) is 12.6 Å². The number of carboxylic acids is 1. The lowest BCUT2D eigenvalue weighted by atomic mass is 10.1. The van der Waals surface area contributed by atoms with Crippen molar-refractivity contribution in [3.05, 3.63) is 29.3 Å². The number of alkyl halides is 3. The lowest BCUT2D eigenvalue weighted by molar-refractivity contribution is -0.137. The smallest absolute Gasteiger partial charge is 0.416 e. The normalized spacial score (nSPS) is 24.2. The molecule has 1 aliphatic carbocycles. The minimum Gasteiger partial charge on any atom is -0.478 e. The number of fused-ring (bicyclic) bond motifs is 1. The van der Waals surface area contributed by atoms with Crippen molar-refractivity contribution in [1.82, 2.24) is 0 Å². The maximum atomic E-state index is 12.6. The third-order valence-corrected chi connectivity index (χ3v) is 3.66. The van der Waals surface area contributed by atoms with E-state index in [9.17, 15) is 27.6 Å². The SMILES string of the molecule is O=C(O)c1cc(C(F)(F)F)ccc1N1C(=O)C2CC2C1=O. The molecule has 2 unspecified atom stereocenters. The summed E-state index contributed by atoms with van der Waals surface area (Å²) in [7, 11) is 0. The highest BCUT2D eigenvalue weighted by Gasteiger charge is 2.59. The van der Waals surface area contributed by atoms with E-state index in [0.29, 0.717) is 23.5 Å². The number of carbonyl (C=O) groups is 3. The minimum absolute atomic E-state index is 0.308. The molecule has 21 heavy (non-hydrogen) atoms. The molecule has 8 heteroatoms. The number of nitrogens with zero attached hydrogens (tertiary/aromatic N) is 1. The van der Waals surface area contributed by atoms with E-state index in [4.69, 9.17) is 5.11 Å². The van der Waals surface area contributed by atoms with E-state index in [1.54, 1.807) is 0 Å². The van der Waals surface area contributed by atoms with Crippen LogP contribution in [0.25, 0.3) is 0 Å². The molecule has 2 atom stereocenters. The summed E-state index contributed by atoms with van der Waals surface area (Å²) in [6, 6.07) is 1.95. The molecule has 1 aromatic rings. The van der Waals surface area contributed by atoms with Gasteiger partial charge in [-0.25, -0.2) is 9.69 Å². The molecule has 3 rings (SSSR count). The van der Waals surface area contributed by atoms with Crippen molar-refractivity contribution in [1.29, 1.82) is 0 Å². The monoisotopic (exact) mass is 299 g/mol. The number of anilines is 1. The highest BCUT2D eigenvalue weighted by Crippen LogP contribution is 2.49. The predicted molar refractivity (Wildman–Crippen MR) is 62.5 cm³/mol. The van der Waals surface area contributed by atoms with Gasteiger partial charge in [-0.3, -0.25) is 9.59 Å². The van der Waals surface area contributed by atoms with Crippen LogP contribution in [0.3, 0.4) is 0 Å². The number of aromatic carboxylic acids is 1. The summed E-state index contributed by atoms with van der Waals surface area (Å²) >= 11 is 0. The van der Waals surface area contributed by atoms with Crippen LogP contribution in [-0.4, -0.2) is 22.9 Å². The Labute approximate surface area is 116 Å². The first kappa shape index (κ1) is 13.6. The van der Waals surface area contributed by atoms with E-state index >= 15 is 0 Å². The number of piperidine rings is 1. The molecule has 1 heterocycles. The Bertz CT molecular complexity index is 662. The van der Waals surface area contributed by atoms with Crippen molar-refractivity contribution in [2.24, 2.45) is 11.8 Å². The molecule has 1 saturated carbocycles. The Morgan fingerprint density at radius 1 is 1.19 bits per heavy atom. The summed E-state index contributed by atoms with van der Waals surface area (Å²) in [5, 5.41) is 9.05. The number of amides is 2. The summed E-state index contributed by atoms with van der Waals surface area (Å²) in [6.45, 7) is 0. The van der Waals surface area contributed by atoms with Crippen molar-refractivity contribution in [3.8, 4) is 0 Å². The molecular weight excluding hydrogens is 291 g/mol. The van der Waals surface area contributed by atoms with Gasteiger partial charge in [0.2, 0.25) is 11.8 Å². The number of hydrogen-bond donors (Lipinski definition) is 1. The summed E-state index contributed by atoms with van der Waals surface area (Å²) < 4.78 is 37.9. The van der Waals surface area contributed by atoms with Crippen LogP contribution in [0.5, 0.6) is 0 Å². The van der Waals surface area contributed by atoms with E-state index in [2.05, 4.69) is 0 Å². The van der Waals surface area contributed by atoms with Crippen LogP contribution >= 0.6 is 0 Å². The Morgan fingerprint density at radius 2 is 1.76 bits per heavy atom. The molecular formula is C13H8F3NO4. The zero-order chi connectivity index (χ0) is 15.5. The second kappa shape index (κ2) is 4.06. The Kier molecular flexibility index (Phi) is 2.63. The van der Waals surface area contributed by atoms with Gasteiger partial charge in [-0.05, 0) is 24.6 Å². The molecule has 1 aliphatic heterocycles. The average Bonchev–Trinajstić information content (AvgIpc) is 3.13. The Morgan fingerprint density at radius 3 is 2.24 bits per heavy atom. The van der Waals surface area contributed by atoms with Crippen LogP contribution in [0.15, 0.2) is 18.2 Å². The molecule has 110 valence electrons. The number of halogens is 3. The van der Waals surface area contributed by atoms with Crippen molar-refractivity contribution in [2.75, 3.05) is 4.90 Å². The minimum atomic E-state index is -4.70. The summed E-state index contributed by atoms with van der Waals surface area (Å²) in [5.74, 6) is -3.64. The lowest BCUT2D eigenvalue weighted by Gasteiger charge is -2.19. The van der Waals surface area contributed by atoms with Crippen LogP contribution in [0.2, 0.25) is 0 Å². The first-order chi connectivity index (χ1) is 9.71. The molecule has 0 bridgehead atoms. The average molecular weight is 299 g/mol. The van der Waals surface area contributed by atoms with E-state index in [-0.39, 0.29) is 5.69 Å². The summed E-state index contributed by atoms with van der Waals surface area (Å²) in [6.07, 6.45) is -4.28. The van der Waals surface area contributed by atoms with Gasteiger partial charge in [0.1, 0.15) is 0 Å². The lowest BCUT2D eigenvalue weighted by Crippen LogP contribution is -2.34. The number of imide groups is 1. The second-order valence-electron chi connectivity index (χ2n) is 5.00. The van der Waals surface area contributed by atoms with Crippen LogP contribution in [0, 0.1) is 11.8 Å². The number of rotatable bonds is 2. The van der Waals surface area contributed by atoms with Gasteiger partial charge in [-0.15, -0.1) is 0 Å². The summed E-state index contributed by atoms with van der Waals surface area (Å²) in [4.78, 5) is 35.6. The topological polar surface area (TPSA) is 74.7 Å². The second-order valence-corrected chi connectivity index (χ2v) is 5.00. The van der Waals surface area contributed by atoms with E-state index in [1.807, 2.05) is 0 Å². The van der Waals surface area contributed by atoms with Crippen molar-refractivity contribution < 1.29 is 32.7 Å². The van der Waals surface area contributed by atoms with Crippen LogP contribution < -0.4 is 4.90 Å². The standard InChI is InChI=1S/C13H8F3NO4/c14-13(15,16)5-1-2-9(8(3-5)12(20)21)17-10(18)6-4-7(6)11(17)19/h1-3,6-7H,4H2,(H,20,21). The Hall–Kier alpha value is -2.38. The zero-order valence-corrected chi connectivity index (χ0v) is 10.3. The van der Waals surface area contributed by atoms with E-state index in [0.717, 1.165) is 6.07 Å². The molecule has 5 nitrogen and oxygen atoms in total. The van der Waals surface area contributed by atoms with Gasteiger partial charge >= 0.3 is 12.1 Å².